The lowest BCUT2D eigenvalue weighted by molar-refractivity contribution is 0.726. The second kappa shape index (κ2) is 6.80. The average molecular weight is 290 g/mol. The molecule has 0 aliphatic heterocycles. The summed E-state index contributed by atoms with van der Waals surface area (Å²) in [6.07, 6.45) is 2.63. The summed E-state index contributed by atoms with van der Waals surface area (Å²) in [5.74, 6) is 0. The predicted molar refractivity (Wildman–Crippen MR) is 83.8 cm³/mol. The van der Waals surface area contributed by atoms with Crippen LogP contribution in [0, 0.1) is 0 Å². The maximum Gasteiger partial charge on any atom is 0.0406 e. The highest BCUT2D eigenvalue weighted by atomic mass is 35.5. The first-order valence-electron chi connectivity index (χ1n) is 6.09. The zero-order chi connectivity index (χ0) is 13.7. The maximum atomic E-state index is 6.18. The summed E-state index contributed by atoms with van der Waals surface area (Å²) in [5.41, 5.74) is 7.33. The Kier molecular flexibility index (Phi) is 5.08. The van der Waals surface area contributed by atoms with Gasteiger partial charge in [0.15, 0.2) is 0 Å². The van der Waals surface area contributed by atoms with Crippen molar-refractivity contribution in [3.63, 3.8) is 0 Å². The fourth-order valence-electron chi connectivity index (χ4n) is 1.82. The highest BCUT2D eigenvalue weighted by molar-refractivity contribution is 7.99. The Balaban J connectivity index is 2.24. The molecular formula is C16H16ClNS. The molecule has 3 heteroatoms. The second-order valence-electron chi connectivity index (χ2n) is 4.22. The minimum atomic E-state index is -0.00602. The van der Waals surface area contributed by atoms with E-state index in [-0.39, 0.29) is 6.04 Å². The predicted octanol–water partition coefficient (Wildman–Crippen LogP) is 5.07. The smallest absolute Gasteiger partial charge is 0.0406 e. The zero-order valence-electron chi connectivity index (χ0n) is 10.6. The summed E-state index contributed by atoms with van der Waals surface area (Å²) >= 11 is 7.60. The van der Waals surface area contributed by atoms with Gasteiger partial charge in [0.25, 0.3) is 0 Å². The first-order chi connectivity index (χ1) is 9.20. The van der Waals surface area contributed by atoms with Crippen LogP contribution in [0.5, 0.6) is 0 Å². The molecule has 0 spiro atoms. The molecule has 0 unspecified atom stereocenters. The zero-order valence-corrected chi connectivity index (χ0v) is 12.1. The third-order valence-electron chi connectivity index (χ3n) is 2.78. The van der Waals surface area contributed by atoms with Gasteiger partial charge in [0, 0.05) is 20.9 Å². The standard InChI is InChI=1S/C16H16ClNS/c1-2-5-15(18)14-6-3-4-7-16(14)19-13-10-8-12(17)9-11-13/h2-4,6-11,15H,1,5,18H2/t15-/m1/s1. The third-order valence-corrected chi connectivity index (χ3v) is 4.13. The molecule has 0 fully saturated rings. The number of halogens is 1. The fourth-order valence-corrected chi connectivity index (χ4v) is 2.95. The van der Waals surface area contributed by atoms with E-state index < -0.39 is 0 Å². The first kappa shape index (κ1) is 14.2. The van der Waals surface area contributed by atoms with Crippen molar-refractivity contribution in [1.29, 1.82) is 0 Å². The van der Waals surface area contributed by atoms with Gasteiger partial charge >= 0.3 is 0 Å². The van der Waals surface area contributed by atoms with Crippen molar-refractivity contribution >= 4 is 23.4 Å². The average Bonchev–Trinajstić information content (AvgIpc) is 2.42. The summed E-state index contributed by atoms with van der Waals surface area (Å²) in [7, 11) is 0. The quantitative estimate of drug-likeness (QED) is 0.778. The lowest BCUT2D eigenvalue weighted by Gasteiger charge is -2.14. The Morgan fingerprint density at radius 2 is 1.84 bits per heavy atom. The molecule has 0 bridgehead atoms. The van der Waals surface area contributed by atoms with Crippen LogP contribution in [0.1, 0.15) is 18.0 Å². The van der Waals surface area contributed by atoms with Crippen LogP contribution < -0.4 is 5.73 Å². The van der Waals surface area contributed by atoms with Gasteiger partial charge in [0.1, 0.15) is 0 Å². The highest BCUT2D eigenvalue weighted by Gasteiger charge is 2.10. The first-order valence-corrected chi connectivity index (χ1v) is 7.29. The van der Waals surface area contributed by atoms with Crippen molar-refractivity contribution < 1.29 is 0 Å². The Morgan fingerprint density at radius 3 is 2.53 bits per heavy atom. The van der Waals surface area contributed by atoms with Gasteiger partial charge in [0.05, 0.1) is 0 Å². The molecule has 2 rings (SSSR count). The molecule has 0 saturated heterocycles. The summed E-state index contributed by atoms with van der Waals surface area (Å²) in [4.78, 5) is 2.34. The van der Waals surface area contributed by atoms with Gasteiger partial charge < -0.3 is 5.73 Å². The molecule has 0 aliphatic carbocycles. The third kappa shape index (κ3) is 3.87. The van der Waals surface area contributed by atoms with Crippen LogP contribution in [0.2, 0.25) is 5.02 Å². The van der Waals surface area contributed by atoms with Crippen molar-refractivity contribution in [1.82, 2.24) is 0 Å². The Labute approximate surface area is 123 Å². The van der Waals surface area contributed by atoms with Gasteiger partial charge in [-0.15, -0.1) is 6.58 Å². The molecule has 0 heterocycles. The summed E-state index contributed by atoms with van der Waals surface area (Å²) in [6, 6.07) is 16.0. The molecule has 2 N–H and O–H groups in total. The second-order valence-corrected chi connectivity index (χ2v) is 5.78. The molecule has 2 aromatic rings. The number of nitrogens with two attached hydrogens (primary N) is 1. The molecule has 0 radical (unpaired) electrons. The molecule has 98 valence electrons. The number of hydrogen-bond donors (Lipinski definition) is 1. The SMILES string of the molecule is C=CC[C@@H](N)c1ccccc1Sc1ccc(Cl)cc1. The Morgan fingerprint density at radius 1 is 1.16 bits per heavy atom. The van der Waals surface area contributed by atoms with Crippen LogP contribution in [0.25, 0.3) is 0 Å². The summed E-state index contributed by atoms with van der Waals surface area (Å²) in [6.45, 7) is 3.75. The van der Waals surface area contributed by atoms with Crippen LogP contribution in [0.4, 0.5) is 0 Å². The van der Waals surface area contributed by atoms with Gasteiger partial charge in [-0.2, -0.15) is 0 Å². The summed E-state index contributed by atoms with van der Waals surface area (Å²) < 4.78 is 0. The maximum absolute atomic E-state index is 6.18. The van der Waals surface area contributed by atoms with Crippen molar-refractivity contribution in [2.24, 2.45) is 5.73 Å². The lowest BCUT2D eigenvalue weighted by Crippen LogP contribution is -2.09. The van der Waals surface area contributed by atoms with Crippen molar-refractivity contribution in [2.75, 3.05) is 0 Å². The van der Waals surface area contributed by atoms with Gasteiger partial charge in [-0.1, -0.05) is 47.6 Å². The molecule has 0 aromatic heterocycles. The number of rotatable bonds is 5. The van der Waals surface area contributed by atoms with E-state index >= 15 is 0 Å². The van der Waals surface area contributed by atoms with Crippen molar-refractivity contribution in [3.05, 3.63) is 71.8 Å². The van der Waals surface area contributed by atoms with E-state index in [0.29, 0.717) is 0 Å². The molecule has 1 nitrogen and oxygen atoms in total. The number of hydrogen-bond acceptors (Lipinski definition) is 2. The molecule has 0 amide bonds. The van der Waals surface area contributed by atoms with Crippen LogP contribution in [-0.4, -0.2) is 0 Å². The summed E-state index contributed by atoms with van der Waals surface area (Å²) in [5, 5.41) is 0.751. The van der Waals surface area contributed by atoms with Crippen LogP contribution >= 0.6 is 23.4 Å². The fraction of sp³-hybridized carbons (Fsp3) is 0.125. The topological polar surface area (TPSA) is 26.0 Å². The van der Waals surface area contributed by atoms with E-state index in [1.807, 2.05) is 42.5 Å². The van der Waals surface area contributed by atoms with Crippen molar-refractivity contribution in [2.45, 2.75) is 22.3 Å². The van der Waals surface area contributed by atoms with Gasteiger partial charge in [-0.3, -0.25) is 0 Å². The molecular weight excluding hydrogens is 274 g/mol. The molecule has 1 atom stereocenters. The number of benzene rings is 2. The van der Waals surface area contributed by atoms with Crippen molar-refractivity contribution in [3.8, 4) is 0 Å². The van der Waals surface area contributed by atoms with Crippen LogP contribution in [-0.2, 0) is 0 Å². The van der Waals surface area contributed by atoms with Gasteiger partial charge in [-0.05, 0) is 42.3 Å². The molecule has 0 aliphatic rings. The van der Waals surface area contributed by atoms with E-state index in [2.05, 4.69) is 18.7 Å². The van der Waals surface area contributed by atoms with E-state index in [1.165, 1.54) is 4.90 Å². The van der Waals surface area contributed by atoms with Crippen LogP contribution in [0.3, 0.4) is 0 Å². The molecule has 2 aromatic carbocycles. The minimum absolute atomic E-state index is 0.00602. The molecule has 0 saturated carbocycles. The van der Waals surface area contributed by atoms with E-state index in [9.17, 15) is 0 Å². The Bertz CT molecular complexity index is 551. The lowest BCUT2D eigenvalue weighted by atomic mass is 10.1. The molecule has 19 heavy (non-hydrogen) atoms. The highest BCUT2D eigenvalue weighted by Crippen LogP contribution is 2.34. The van der Waals surface area contributed by atoms with E-state index in [4.69, 9.17) is 17.3 Å². The van der Waals surface area contributed by atoms with Crippen LogP contribution in [0.15, 0.2) is 71.0 Å². The van der Waals surface area contributed by atoms with E-state index in [0.717, 1.165) is 21.9 Å². The van der Waals surface area contributed by atoms with Gasteiger partial charge in [-0.25, -0.2) is 0 Å². The monoisotopic (exact) mass is 289 g/mol. The Hall–Kier alpha value is -1.22. The largest absolute Gasteiger partial charge is 0.324 e. The normalized spacial score (nSPS) is 12.1. The van der Waals surface area contributed by atoms with E-state index in [1.54, 1.807) is 11.8 Å². The minimum Gasteiger partial charge on any atom is -0.324 e. The van der Waals surface area contributed by atoms with Gasteiger partial charge in [0.2, 0.25) is 0 Å².